The van der Waals surface area contributed by atoms with Crippen molar-refractivity contribution in [1.82, 2.24) is 10.9 Å². The van der Waals surface area contributed by atoms with Crippen LogP contribution >= 0.6 is 0 Å². The van der Waals surface area contributed by atoms with Gasteiger partial charge in [0.25, 0.3) is 11.8 Å². The Morgan fingerprint density at radius 1 is 0.763 bits per heavy atom. The van der Waals surface area contributed by atoms with Crippen LogP contribution in [-0.2, 0) is 0 Å². The molecule has 2 N–H and O–H groups in total. The van der Waals surface area contributed by atoms with Crippen LogP contribution in [0.1, 0.15) is 31.8 Å². The molecule has 0 aliphatic heterocycles. The Kier molecular flexibility index (Phi) is 9.76. The molecular formula is C29H32N6O3. The van der Waals surface area contributed by atoms with Gasteiger partial charge < -0.3 is 14.5 Å². The maximum absolute atomic E-state index is 12.4. The number of nitrogens with zero attached hydrogens (tertiary/aromatic N) is 4. The third kappa shape index (κ3) is 8.06. The molecule has 0 aliphatic carbocycles. The molecule has 9 nitrogen and oxygen atoms in total. The summed E-state index contributed by atoms with van der Waals surface area (Å²) >= 11 is 0. The van der Waals surface area contributed by atoms with E-state index in [0.29, 0.717) is 34.6 Å². The maximum atomic E-state index is 12.4. The van der Waals surface area contributed by atoms with Gasteiger partial charge >= 0.3 is 0 Å². The number of hydrogen-bond donors (Lipinski definition) is 2. The van der Waals surface area contributed by atoms with Crippen LogP contribution in [0.25, 0.3) is 0 Å². The normalized spacial score (nSPS) is 10.8. The zero-order valence-electron chi connectivity index (χ0n) is 22.0. The Balaban J connectivity index is 1.68. The molecule has 0 spiro atoms. The van der Waals surface area contributed by atoms with Crippen molar-refractivity contribution in [2.75, 3.05) is 44.6 Å². The Morgan fingerprint density at radius 2 is 1.18 bits per heavy atom. The molecule has 9 heteroatoms. The lowest BCUT2D eigenvalue weighted by Crippen LogP contribution is -2.18. The molecular weight excluding hydrogens is 480 g/mol. The summed E-state index contributed by atoms with van der Waals surface area (Å²) < 4.78 is 5.67. The molecule has 0 fully saturated rings. The molecule has 0 bridgehead atoms. The summed E-state index contributed by atoms with van der Waals surface area (Å²) in [5.41, 5.74) is 9.38. The highest BCUT2D eigenvalue weighted by molar-refractivity contribution is 5.96. The molecule has 0 aliphatic rings. The highest BCUT2D eigenvalue weighted by atomic mass is 16.5. The van der Waals surface area contributed by atoms with E-state index in [0.717, 1.165) is 11.4 Å². The predicted octanol–water partition coefficient (Wildman–Crippen LogP) is 3.91. The fraction of sp³-hybridized carbons (Fsp3) is 0.172. The number of rotatable bonds is 11. The van der Waals surface area contributed by atoms with E-state index in [4.69, 9.17) is 4.74 Å². The third-order valence-electron chi connectivity index (χ3n) is 5.37. The number of amides is 2. The van der Waals surface area contributed by atoms with Crippen LogP contribution in [0.15, 0.2) is 89.6 Å². The first-order chi connectivity index (χ1) is 18.3. The van der Waals surface area contributed by atoms with E-state index in [1.165, 1.54) is 12.4 Å². The smallest absolute Gasteiger partial charge is 0.271 e. The first-order valence-electron chi connectivity index (χ1n) is 11.9. The highest BCUT2D eigenvalue weighted by Gasteiger charge is 2.06. The quantitative estimate of drug-likeness (QED) is 0.231. The van der Waals surface area contributed by atoms with Crippen molar-refractivity contribution in [1.29, 1.82) is 0 Å². The third-order valence-corrected chi connectivity index (χ3v) is 5.37. The Morgan fingerprint density at radius 3 is 1.55 bits per heavy atom. The lowest BCUT2D eigenvalue weighted by atomic mass is 10.1. The van der Waals surface area contributed by atoms with Crippen molar-refractivity contribution in [3.8, 4) is 5.75 Å². The fourth-order valence-electron chi connectivity index (χ4n) is 3.32. The van der Waals surface area contributed by atoms with E-state index in [-0.39, 0.29) is 11.8 Å². The van der Waals surface area contributed by atoms with Gasteiger partial charge in [-0.25, -0.2) is 10.9 Å². The van der Waals surface area contributed by atoms with E-state index in [2.05, 4.69) is 27.6 Å². The minimum absolute atomic E-state index is 0.316. The van der Waals surface area contributed by atoms with Crippen LogP contribution < -0.4 is 25.4 Å². The van der Waals surface area contributed by atoms with Crippen molar-refractivity contribution in [3.63, 3.8) is 0 Å². The summed E-state index contributed by atoms with van der Waals surface area (Å²) in [4.78, 5) is 28.8. The summed E-state index contributed by atoms with van der Waals surface area (Å²) in [6.07, 6.45) is 4.66. The number of anilines is 2. The second kappa shape index (κ2) is 13.4. The zero-order chi connectivity index (χ0) is 27.5. The molecule has 2 amide bonds. The number of benzene rings is 3. The molecule has 0 radical (unpaired) electrons. The first-order valence-corrected chi connectivity index (χ1v) is 11.9. The highest BCUT2D eigenvalue weighted by Crippen LogP contribution is 2.16. The summed E-state index contributed by atoms with van der Waals surface area (Å²) in [7, 11) is 7.73. The van der Waals surface area contributed by atoms with Gasteiger partial charge in [0.2, 0.25) is 0 Å². The molecule has 0 saturated heterocycles. The van der Waals surface area contributed by atoms with Gasteiger partial charge in [0.15, 0.2) is 0 Å². The number of hydrazone groups is 2. The number of hydrogen-bond acceptors (Lipinski definition) is 7. The van der Waals surface area contributed by atoms with E-state index < -0.39 is 0 Å². The topological polar surface area (TPSA) is 98.6 Å². The van der Waals surface area contributed by atoms with E-state index in [1.807, 2.05) is 62.3 Å². The monoisotopic (exact) mass is 512 g/mol. The van der Waals surface area contributed by atoms with Crippen LogP contribution in [0.4, 0.5) is 11.4 Å². The van der Waals surface area contributed by atoms with Crippen molar-refractivity contribution < 1.29 is 14.3 Å². The Hall–Kier alpha value is -4.92. The van der Waals surface area contributed by atoms with Gasteiger partial charge in [0.1, 0.15) is 12.4 Å². The van der Waals surface area contributed by atoms with Crippen molar-refractivity contribution in [2.24, 2.45) is 10.2 Å². The standard InChI is InChI=1S/C29H32N6O3/c1-6-15-38-27-17-21(19-30-32-28(36)23-7-11-25(12-8-23)34(2)3)16-22(18-27)20-31-33-29(37)24-9-13-26(14-10-24)35(4)5/h6-14,16-20H,1,15H2,2-5H3,(H,32,36)(H,33,37)/b30-19+,31-20+. The number of carbonyl (C=O) groups is 2. The number of ether oxygens (including phenoxy) is 1. The van der Waals surface area contributed by atoms with Gasteiger partial charge in [-0.15, -0.1) is 0 Å². The second-order valence-electron chi connectivity index (χ2n) is 8.72. The van der Waals surface area contributed by atoms with Gasteiger partial charge in [-0.3, -0.25) is 9.59 Å². The average molecular weight is 513 g/mol. The van der Waals surface area contributed by atoms with Crippen LogP contribution in [-0.4, -0.2) is 59.0 Å². The van der Waals surface area contributed by atoms with Crippen molar-refractivity contribution in [3.05, 3.63) is 102 Å². The van der Waals surface area contributed by atoms with Gasteiger partial charge in [-0.1, -0.05) is 12.7 Å². The van der Waals surface area contributed by atoms with Crippen molar-refractivity contribution in [2.45, 2.75) is 0 Å². The van der Waals surface area contributed by atoms with E-state index in [1.54, 1.807) is 48.5 Å². The predicted molar refractivity (Wildman–Crippen MR) is 154 cm³/mol. The molecule has 3 rings (SSSR count). The van der Waals surface area contributed by atoms with Crippen LogP contribution in [0.2, 0.25) is 0 Å². The van der Waals surface area contributed by atoms with Gasteiger partial charge in [0, 0.05) is 50.7 Å². The molecule has 38 heavy (non-hydrogen) atoms. The number of carbonyl (C=O) groups excluding carboxylic acids is 2. The zero-order valence-corrected chi connectivity index (χ0v) is 22.0. The second-order valence-corrected chi connectivity index (χ2v) is 8.72. The summed E-state index contributed by atoms with van der Waals surface area (Å²) in [6.45, 7) is 3.98. The molecule has 0 atom stereocenters. The number of nitrogens with one attached hydrogen (secondary N) is 2. The van der Waals surface area contributed by atoms with Crippen molar-refractivity contribution >= 4 is 35.6 Å². The van der Waals surface area contributed by atoms with Crippen LogP contribution in [0, 0.1) is 0 Å². The van der Waals surface area contributed by atoms with E-state index in [9.17, 15) is 9.59 Å². The molecule has 0 saturated carbocycles. The summed E-state index contributed by atoms with van der Waals surface area (Å²) in [5.74, 6) is -0.0889. The maximum Gasteiger partial charge on any atom is 0.271 e. The SMILES string of the molecule is C=CCOc1cc(/C=N/NC(=O)c2ccc(N(C)C)cc2)cc(/C=N/NC(=O)c2ccc(N(C)C)cc2)c1. The minimum Gasteiger partial charge on any atom is -0.490 e. The van der Waals surface area contributed by atoms with Gasteiger partial charge in [0.05, 0.1) is 12.4 Å². The molecule has 0 aromatic heterocycles. The largest absolute Gasteiger partial charge is 0.490 e. The molecule has 3 aromatic rings. The minimum atomic E-state index is -0.325. The van der Waals surface area contributed by atoms with E-state index >= 15 is 0 Å². The molecule has 196 valence electrons. The Labute approximate surface area is 223 Å². The average Bonchev–Trinajstić information content (AvgIpc) is 2.91. The molecule has 3 aromatic carbocycles. The molecule has 0 unspecified atom stereocenters. The fourth-order valence-corrected chi connectivity index (χ4v) is 3.32. The lowest BCUT2D eigenvalue weighted by molar-refractivity contribution is 0.0947. The first kappa shape index (κ1) is 27.7. The van der Waals surface area contributed by atoms with Gasteiger partial charge in [-0.05, 0) is 77.9 Å². The van der Waals surface area contributed by atoms with Gasteiger partial charge in [-0.2, -0.15) is 10.2 Å². The molecule has 0 heterocycles. The summed E-state index contributed by atoms with van der Waals surface area (Å²) in [6, 6.07) is 19.7. The summed E-state index contributed by atoms with van der Waals surface area (Å²) in [5, 5.41) is 8.15. The van der Waals surface area contributed by atoms with Crippen LogP contribution in [0.3, 0.4) is 0 Å². The lowest BCUT2D eigenvalue weighted by Gasteiger charge is -2.12. The Bertz CT molecular complexity index is 1220. The van der Waals surface area contributed by atoms with Crippen LogP contribution in [0.5, 0.6) is 5.75 Å².